The van der Waals surface area contributed by atoms with Gasteiger partial charge < -0.3 is 5.11 Å². The molecule has 1 atom stereocenters. The van der Waals surface area contributed by atoms with Crippen LogP contribution in [0.4, 0.5) is 0 Å². The molecule has 5 heteroatoms. The molecule has 130 valence electrons. The molecule has 25 heavy (non-hydrogen) atoms. The molecule has 0 bridgehead atoms. The number of benzene rings is 2. The van der Waals surface area contributed by atoms with Crippen molar-refractivity contribution in [2.24, 2.45) is 0 Å². The van der Waals surface area contributed by atoms with Crippen molar-refractivity contribution in [3.63, 3.8) is 0 Å². The first-order valence-corrected chi connectivity index (χ1v) is 8.19. The number of hydrogen-bond acceptors (Lipinski definition) is 5. The molecule has 0 radical (unpaired) electrons. The monoisotopic (exact) mass is 340 g/mol. The first kappa shape index (κ1) is 17.2. The van der Waals surface area contributed by atoms with Gasteiger partial charge in [-0.15, -0.1) is 0 Å². The maximum absolute atomic E-state index is 12.2. The molecular formula is C20H20O5. The van der Waals surface area contributed by atoms with E-state index in [9.17, 15) is 14.7 Å². The lowest BCUT2D eigenvalue weighted by Gasteiger charge is -2.35. The lowest BCUT2D eigenvalue weighted by Crippen LogP contribution is -2.26. The minimum absolute atomic E-state index is 0.0588. The molecule has 1 aliphatic rings. The summed E-state index contributed by atoms with van der Waals surface area (Å²) in [4.78, 5) is 33.2. The Morgan fingerprint density at radius 2 is 1.64 bits per heavy atom. The fourth-order valence-corrected chi connectivity index (χ4v) is 3.12. The normalized spacial score (nSPS) is 18.1. The third-order valence-corrected chi connectivity index (χ3v) is 4.62. The Bertz CT molecular complexity index is 795. The van der Waals surface area contributed by atoms with Crippen LogP contribution < -0.4 is 0 Å². The molecule has 2 aromatic rings. The van der Waals surface area contributed by atoms with Crippen LogP contribution in [0.15, 0.2) is 48.5 Å². The number of carbonyl (C=O) groups excluding carboxylic acids is 2. The smallest absolute Gasteiger partial charge is 0.386 e. The molecule has 0 heterocycles. The Morgan fingerprint density at radius 1 is 1.00 bits per heavy atom. The van der Waals surface area contributed by atoms with Crippen molar-refractivity contribution in [3.8, 4) is 0 Å². The molecule has 1 unspecified atom stereocenters. The lowest BCUT2D eigenvalue weighted by molar-refractivity contribution is -0.187. The van der Waals surface area contributed by atoms with E-state index < -0.39 is 18.0 Å². The van der Waals surface area contributed by atoms with Gasteiger partial charge in [0.15, 0.2) is 0 Å². The van der Waals surface area contributed by atoms with Crippen molar-refractivity contribution in [1.29, 1.82) is 0 Å². The Morgan fingerprint density at radius 3 is 2.32 bits per heavy atom. The van der Waals surface area contributed by atoms with Crippen molar-refractivity contribution in [1.82, 2.24) is 0 Å². The van der Waals surface area contributed by atoms with Crippen molar-refractivity contribution >= 4 is 11.9 Å². The van der Waals surface area contributed by atoms with Crippen LogP contribution in [0.25, 0.3) is 0 Å². The van der Waals surface area contributed by atoms with Gasteiger partial charge in [0.1, 0.15) is 0 Å². The van der Waals surface area contributed by atoms with E-state index in [1.807, 2.05) is 6.07 Å². The third kappa shape index (κ3) is 3.56. The highest BCUT2D eigenvalue weighted by molar-refractivity contribution is 5.92. The summed E-state index contributed by atoms with van der Waals surface area (Å²) >= 11 is 0. The van der Waals surface area contributed by atoms with Crippen LogP contribution in [0.5, 0.6) is 0 Å². The van der Waals surface area contributed by atoms with Gasteiger partial charge in [-0.05, 0) is 53.6 Å². The number of aliphatic hydroxyl groups excluding tert-OH is 1. The summed E-state index contributed by atoms with van der Waals surface area (Å²) in [5, 5.41) is 10.2. The van der Waals surface area contributed by atoms with E-state index in [-0.39, 0.29) is 16.5 Å². The van der Waals surface area contributed by atoms with Gasteiger partial charge in [0.05, 0.1) is 17.2 Å². The van der Waals surface area contributed by atoms with Crippen molar-refractivity contribution in [3.05, 3.63) is 70.8 Å². The van der Waals surface area contributed by atoms with Crippen LogP contribution in [-0.2, 0) is 15.2 Å². The minimum Gasteiger partial charge on any atom is -0.388 e. The Kier molecular flexibility index (Phi) is 4.59. The van der Waals surface area contributed by atoms with Crippen LogP contribution in [0.1, 0.15) is 64.6 Å². The Labute approximate surface area is 146 Å². The zero-order valence-corrected chi connectivity index (χ0v) is 14.2. The van der Waals surface area contributed by atoms with E-state index in [1.54, 1.807) is 42.5 Å². The summed E-state index contributed by atoms with van der Waals surface area (Å²) in [7, 11) is 0. The predicted molar refractivity (Wildman–Crippen MR) is 90.9 cm³/mol. The summed E-state index contributed by atoms with van der Waals surface area (Å²) < 4.78 is 0. The van der Waals surface area contributed by atoms with Gasteiger partial charge in [0, 0.05) is 0 Å². The highest BCUT2D eigenvalue weighted by Gasteiger charge is 2.32. The molecule has 5 nitrogen and oxygen atoms in total. The van der Waals surface area contributed by atoms with Gasteiger partial charge in [-0.2, -0.15) is 0 Å². The number of rotatable bonds is 2. The molecule has 0 saturated carbocycles. The lowest BCUT2D eigenvalue weighted by atomic mass is 9.71. The average Bonchev–Trinajstić information content (AvgIpc) is 2.63. The van der Waals surface area contributed by atoms with E-state index in [2.05, 4.69) is 23.6 Å². The van der Waals surface area contributed by atoms with E-state index in [0.29, 0.717) is 6.42 Å². The number of carbonyl (C=O) groups is 2. The van der Waals surface area contributed by atoms with Crippen molar-refractivity contribution < 1.29 is 24.5 Å². The number of hydrogen-bond donors (Lipinski definition) is 1. The Balaban J connectivity index is 1.73. The second kappa shape index (κ2) is 6.69. The Hall–Kier alpha value is -2.66. The van der Waals surface area contributed by atoms with E-state index >= 15 is 0 Å². The fourth-order valence-electron chi connectivity index (χ4n) is 3.12. The molecule has 1 N–H and O–H groups in total. The van der Waals surface area contributed by atoms with Gasteiger partial charge in [-0.1, -0.05) is 38.1 Å². The van der Waals surface area contributed by atoms with Crippen LogP contribution in [0.2, 0.25) is 0 Å². The molecule has 0 fully saturated rings. The SMILES string of the molecule is CC1(C)CCC(O)c2cc(C(=O)OOC(=O)c3ccccc3)ccc21. The summed E-state index contributed by atoms with van der Waals surface area (Å²) in [6, 6.07) is 13.3. The summed E-state index contributed by atoms with van der Waals surface area (Å²) in [5.41, 5.74) is 2.20. The molecule has 0 amide bonds. The summed E-state index contributed by atoms with van der Waals surface area (Å²) in [5.74, 6) is -1.52. The van der Waals surface area contributed by atoms with Crippen LogP contribution in [0, 0.1) is 0 Å². The molecule has 3 rings (SSSR count). The van der Waals surface area contributed by atoms with Crippen molar-refractivity contribution in [2.45, 2.75) is 38.2 Å². The van der Waals surface area contributed by atoms with Crippen LogP contribution >= 0.6 is 0 Å². The molecule has 0 spiro atoms. The first-order chi connectivity index (χ1) is 11.9. The molecule has 0 aliphatic heterocycles. The van der Waals surface area contributed by atoms with E-state index in [1.165, 1.54) is 0 Å². The predicted octanol–water partition coefficient (Wildman–Crippen LogP) is 3.72. The van der Waals surface area contributed by atoms with Gasteiger partial charge in [-0.3, -0.25) is 0 Å². The topological polar surface area (TPSA) is 72.8 Å². The van der Waals surface area contributed by atoms with Gasteiger partial charge in [-0.25, -0.2) is 19.4 Å². The quantitative estimate of drug-likeness (QED) is 0.666. The maximum Gasteiger partial charge on any atom is 0.386 e. The maximum atomic E-state index is 12.2. The summed E-state index contributed by atoms with van der Waals surface area (Å²) in [6.07, 6.45) is 0.906. The molecule has 2 aromatic carbocycles. The molecule has 0 saturated heterocycles. The second-order valence-corrected chi connectivity index (χ2v) is 6.85. The van der Waals surface area contributed by atoms with E-state index in [4.69, 9.17) is 0 Å². The third-order valence-electron chi connectivity index (χ3n) is 4.62. The zero-order chi connectivity index (χ0) is 18.0. The summed E-state index contributed by atoms with van der Waals surface area (Å²) in [6.45, 7) is 4.22. The standard InChI is InChI=1S/C20H20O5/c1-20(2)11-10-17(21)15-12-14(8-9-16(15)20)19(23)25-24-18(22)13-6-4-3-5-7-13/h3-9,12,17,21H,10-11H2,1-2H3. The molecule has 0 aromatic heterocycles. The first-order valence-electron chi connectivity index (χ1n) is 8.19. The highest BCUT2D eigenvalue weighted by atomic mass is 17.2. The van der Waals surface area contributed by atoms with Crippen LogP contribution in [-0.4, -0.2) is 17.0 Å². The van der Waals surface area contributed by atoms with E-state index in [0.717, 1.165) is 17.5 Å². The second-order valence-electron chi connectivity index (χ2n) is 6.85. The minimum atomic E-state index is -0.775. The average molecular weight is 340 g/mol. The molecular weight excluding hydrogens is 320 g/mol. The van der Waals surface area contributed by atoms with Crippen molar-refractivity contribution in [2.75, 3.05) is 0 Å². The fraction of sp³-hybridized carbons (Fsp3) is 0.300. The largest absolute Gasteiger partial charge is 0.388 e. The molecule has 1 aliphatic carbocycles. The number of aliphatic hydroxyl groups is 1. The number of fused-ring (bicyclic) bond motifs is 1. The zero-order valence-electron chi connectivity index (χ0n) is 14.2. The van der Waals surface area contributed by atoms with Gasteiger partial charge >= 0.3 is 11.9 Å². The highest BCUT2D eigenvalue weighted by Crippen LogP contribution is 2.41. The van der Waals surface area contributed by atoms with Crippen LogP contribution in [0.3, 0.4) is 0 Å². The van der Waals surface area contributed by atoms with Gasteiger partial charge in [0.25, 0.3) is 0 Å². The van der Waals surface area contributed by atoms with Gasteiger partial charge in [0.2, 0.25) is 0 Å².